The van der Waals surface area contributed by atoms with Crippen molar-refractivity contribution < 1.29 is 0 Å². The smallest absolute Gasteiger partial charge is 0.220 e. The second-order valence-electron chi connectivity index (χ2n) is 4.21. The third-order valence-electron chi connectivity index (χ3n) is 1.93. The third kappa shape index (κ3) is 2.41. The summed E-state index contributed by atoms with van der Waals surface area (Å²) in [5.41, 5.74) is 7.67. The molecule has 0 aliphatic rings. The van der Waals surface area contributed by atoms with Gasteiger partial charge in [0, 0.05) is 11.1 Å². The van der Waals surface area contributed by atoms with E-state index in [4.69, 9.17) is 5.73 Å². The zero-order valence-electron chi connectivity index (χ0n) is 8.76. The number of aromatic nitrogens is 2. The van der Waals surface area contributed by atoms with Crippen molar-refractivity contribution in [1.82, 2.24) is 9.97 Å². The average Bonchev–Trinajstić information content (AvgIpc) is 2.01. The quantitative estimate of drug-likeness (QED) is 0.716. The summed E-state index contributed by atoms with van der Waals surface area (Å²) in [6, 6.07) is 2.02. The van der Waals surface area contributed by atoms with E-state index >= 15 is 0 Å². The lowest BCUT2D eigenvalue weighted by molar-refractivity contribution is 0.566. The Bertz CT molecular complexity index is 300. The minimum atomic E-state index is 0.0426. The van der Waals surface area contributed by atoms with Crippen molar-refractivity contribution in [1.29, 1.82) is 0 Å². The molecular weight excluding hydrogens is 162 g/mol. The van der Waals surface area contributed by atoms with E-state index in [0.717, 1.165) is 17.8 Å². The molecule has 0 fully saturated rings. The van der Waals surface area contributed by atoms with E-state index < -0.39 is 0 Å². The van der Waals surface area contributed by atoms with Crippen LogP contribution in [0, 0.1) is 0 Å². The van der Waals surface area contributed by atoms with Crippen molar-refractivity contribution in [2.45, 2.75) is 39.5 Å². The molecular formula is C10H17N3. The molecule has 0 aliphatic carbocycles. The van der Waals surface area contributed by atoms with Gasteiger partial charge in [0.25, 0.3) is 0 Å². The first-order valence-corrected chi connectivity index (χ1v) is 4.57. The van der Waals surface area contributed by atoms with Crippen LogP contribution in [0.25, 0.3) is 0 Å². The Morgan fingerprint density at radius 2 is 1.92 bits per heavy atom. The molecule has 0 amide bonds. The van der Waals surface area contributed by atoms with Crippen LogP contribution in [0.15, 0.2) is 6.07 Å². The van der Waals surface area contributed by atoms with Crippen molar-refractivity contribution in [3.05, 3.63) is 17.5 Å². The van der Waals surface area contributed by atoms with Gasteiger partial charge in [-0.05, 0) is 12.5 Å². The molecule has 3 heteroatoms. The van der Waals surface area contributed by atoms with E-state index in [1.54, 1.807) is 0 Å². The molecule has 0 saturated heterocycles. The van der Waals surface area contributed by atoms with Crippen LogP contribution in [0.3, 0.4) is 0 Å². The lowest BCUT2D eigenvalue weighted by Crippen LogP contribution is -2.16. The highest BCUT2D eigenvalue weighted by molar-refractivity contribution is 5.26. The number of aryl methyl sites for hydroxylation is 1. The molecule has 0 bridgehead atoms. The third-order valence-corrected chi connectivity index (χ3v) is 1.93. The molecule has 72 valence electrons. The first kappa shape index (κ1) is 9.96. The number of nitrogen functional groups attached to an aromatic ring is 1. The molecule has 0 atom stereocenters. The number of rotatable bonds is 1. The van der Waals surface area contributed by atoms with E-state index in [9.17, 15) is 0 Å². The Kier molecular flexibility index (Phi) is 2.55. The van der Waals surface area contributed by atoms with Crippen molar-refractivity contribution in [2.24, 2.45) is 0 Å². The molecule has 0 radical (unpaired) electrons. The Labute approximate surface area is 79.4 Å². The predicted molar refractivity (Wildman–Crippen MR) is 54.5 cm³/mol. The van der Waals surface area contributed by atoms with Crippen LogP contribution in [-0.2, 0) is 11.8 Å². The summed E-state index contributed by atoms with van der Waals surface area (Å²) in [6.07, 6.45) is 0.899. The molecule has 1 aromatic heterocycles. The van der Waals surface area contributed by atoms with Gasteiger partial charge in [0.15, 0.2) is 0 Å². The highest BCUT2D eigenvalue weighted by Gasteiger charge is 2.16. The van der Waals surface area contributed by atoms with Crippen molar-refractivity contribution in [2.75, 3.05) is 5.73 Å². The van der Waals surface area contributed by atoms with E-state index in [2.05, 4.69) is 37.7 Å². The maximum absolute atomic E-state index is 5.61. The Morgan fingerprint density at radius 3 is 2.38 bits per heavy atom. The normalized spacial score (nSPS) is 11.7. The molecule has 0 aliphatic heterocycles. The fourth-order valence-electron chi connectivity index (χ4n) is 1.08. The minimum absolute atomic E-state index is 0.0426. The molecule has 0 saturated carbocycles. The standard InChI is InChI=1S/C10H17N3/c1-5-7-6-8(10(2,3)4)13-9(11)12-7/h6H,5H2,1-4H3,(H2,11,12,13). The lowest BCUT2D eigenvalue weighted by atomic mass is 9.91. The second kappa shape index (κ2) is 3.32. The molecule has 13 heavy (non-hydrogen) atoms. The maximum atomic E-state index is 5.61. The summed E-state index contributed by atoms with van der Waals surface area (Å²) in [4.78, 5) is 8.35. The largest absolute Gasteiger partial charge is 0.368 e. The Morgan fingerprint density at radius 1 is 1.31 bits per heavy atom. The second-order valence-corrected chi connectivity index (χ2v) is 4.21. The van der Waals surface area contributed by atoms with Gasteiger partial charge in [-0.1, -0.05) is 27.7 Å². The number of nitrogens with two attached hydrogens (primary N) is 1. The number of nitrogens with zero attached hydrogens (tertiary/aromatic N) is 2. The van der Waals surface area contributed by atoms with Gasteiger partial charge in [-0.15, -0.1) is 0 Å². The zero-order valence-corrected chi connectivity index (χ0v) is 8.76. The first-order valence-electron chi connectivity index (χ1n) is 4.57. The summed E-state index contributed by atoms with van der Waals surface area (Å²) >= 11 is 0. The maximum Gasteiger partial charge on any atom is 0.220 e. The topological polar surface area (TPSA) is 51.8 Å². The monoisotopic (exact) mass is 179 g/mol. The van der Waals surface area contributed by atoms with Crippen LogP contribution in [0.1, 0.15) is 39.1 Å². The molecule has 0 spiro atoms. The Hall–Kier alpha value is -1.12. The van der Waals surface area contributed by atoms with Crippen LogP contribution < -0.4 is 5.73 Å². The fraction of sp³-hybridized carbons (Fsp3) is 0.600. The summed E-state index contributed by atoms with van der Waals surface area (Å²) in [7, 11) is 0. The number of anilines is 1. The fourth-order valence-corrected chi connectivity index (χ4v) is 1.08. The molecule has 3 nitrogen and oxygen atoms in total. The molecule has 1 aromatic rings. The molecule has 1 rings (SSSR count). The molecule has 0 unspecified atom stereocenters. The van der Waals surface area contributed by atoms with Gasteiger partial charge in [-0.2, -0.15) is 0 Å². The van der Waals surface area contributed by atoms with E-state index in [1.807, 2.05) is 6.07 Å². The summed E-state index contributed by atoms with van der Waals surface area (Å²) < 4.78 is 0. The highest BCUT2D eigenvalue weighted by Crippen LogP contribution is 2.21. The molecule has 1 heterocycles. The van der Waals surface area contributed by atoms with Crippen LogP contribution in [0.5, 0.6) is 0 Å². The number of hydrogen-bond acceptors (Lipinski definition) is 3. The lowest BCUT2D eigenvalue weighted by Gasteiger charge is -2.18. The van der Waals surface area contributed by atoms with E-state index in [1.165, 1.54) is 0 Å². The van der Waals surface area contributed by atoms with Gasteiger partial charge in [-0.3, -0.25) is 0 Å². The Balaban J connectivity index is 3.16. The van der Waals surface area contributed by atoms with Crippen LogP contribution >= 0.6 is 0 Å². The summed E-state index contributed by atoms with van der Waals surface area (Å²) in [5.74, 6) is 0.379. The molecule has 2 N–H and O–H groups in total. The van der Waals surface area contributed by atoms with Gasteiger partial charge < -0.3 is 5.73 Å². The van der Waals surface area contributed by atoms with E-state index in [-0.39, 0.29) is 5.41 Å². The minimum Gasteiger partial charge on any atom is -0.368 e. The summed E-state index contributed by atoms with van der Waals surface area (Å²) in [5, 5.41) is 0. The predicted octanol–water partition coefficient (Wildman–Crippen LogP) is 1.92. The van der Waals surface area contributed by atoms with Gasteiger partial charge in [0.1, 0.15) is 0 Å². The molecule has 0 aromatic carbocycles. The van der Waals surface area contributed by atoms with Gasteiger partial charge in [0.05, 0.1) is 5.69 Å². The van der Waals surface area contributed by atoms with Crippen LogP contribution in [-0.4, -0.2) is 9.97 Å². The summed E-state index contributed by atoms with van der Waals surface area (Å²) in [6.45, 7) is 8.42. The number of hydrogen-bond donors (Lipinski definition) is 1. The SMILES string of the molecule is CCc1cc(C(C)(C)C)nc(N)n1. The average molecular weight is 179 g/mol. The van der Waals surface area contributed by atoms with E-state index in [0.29, 0.717) is 5.95 Å². The first-order chi connectivity index (χ1) is 5.93. The zero-order chi connectivity index (χ0) is 10.1. The van der Waals surface area contributed by atoms with Crippen molar-refractivity contribution in [3.8, 4) is 0 Å². The van der Waals surface area contributed by atoms with Gasteiger partial charge in [-0.25, -0.2) is 9.97 Å². The van der Waals surface area contributed by atoms with Gasteiger partial charge in [0.2, 0.25) is 5.95 Å². The van der Waals surface area contributed by atoms with Gasteiger partial charge >= 0.3 is 0 Å². The highest BCUT2D eigenvalue weighted by atomic mass is 15.0. The van der Waals surface area contributed by atoms with Crippen LogP contribution in [0.2, 0.25) is 0 Å². The van der Waals surface area contributed by atoms with Crippen molar-refractivity contribution in [3.63, 3.8) is 0 Å². The van der Waals surface area contributed by atoms with Crippen LogP contribution in [0.4, 0.5) is 5.95 Å². The van der Waals surface area contributed by atoms with Crippen molar-refractivity contribution >= 4 is 5.95 Å².